The number of hydrogen-bond acceptors (Lipinski definition) is 3. The summed E-state index contributed by atoms with van der Waals surface area (Å²) in [6, 6.07) is 18.7. The van der Waals surface area contributed by atoms with Crippen LogP contribution in [0.3, 0.4) is 0 Å². The van der Waals surface area contributed by atoms with Crippen LogP contribution in [-0.4, -0.2) is 61.5 Å². The summed E-state index contributed by atoms with van der Waals surface area (Å²) in [4.78, 5) is 30.0. The van der Waals surface area contributed by atoms with E-state index in [2.05, 4.69) is 36.4 Å². The smallest absolute Gasteiger partial charge is 0.251 e. The van der Waals surface area contributed by atoms with Crippen molar-refractivity contribution in [3.8, 4) is 11.1 Å². The number of hydrogen-bond donors (Lipinski definition) is 0. The molecule has 0 aliphatic carbocycles. The van der Waals surface area contributed by atoms with E-state index in [1.54, 1.807) is 4.90 Å². The molecule has 2 aliphatic heterocycles. The van der Waals surface area contributed by atoms with Gasteiger partial charge in [-0.15, -0.1) is 0 Å². The topological polar surface area (TPSA) is 49.9 Å². The Morgan fingerprint density at radius 2 is 1.84 bits per heavy atom. The van der Waals surface area contributed by atoms with Crippen LogP contribution >= 0.6 is 0 Å². The number of amides is 2. The quantitative estimate of drug-likeness (QED) is 0.740. The van der Waals surface area contributed by atoms with Crippen molar-refractivity contribution in [1.29, 1.82) is 0 Å². The van der Waals surface area contributed by atoms with E-state index < -0.39 is 5.41 Å². The van der Waals surface area contributed by atoms with Crippen LogP contribution in [0.2, 0.25) is 0 Å². The zero-order valence-corrected chi connectivity index (χ0v) is 18.5. The molecule has 2 atom stereocenters. The van der Waals surface area contributed by atoms with Crippen LogP contribution in [-0.2, 0) is 20.7 Å². The molecule has 4 rings (SSSR count). The van der Waals surface area contributed by atoms with E-state index in [0.717, 1.165) is 42.4 Å². The lowest BCUT2D eigenvalue weighted by Crippen LogP contribution is -2.55. The fraction of sp³-hybridized carbons (Fsp3) is 0.462. The van der Waals surface area contributed by atoms with Gasteiger partial charge in [-0.05, 0) is 48.8 Å². The van der Waals surface area contributed by atoms with Gasteiger partial charge in [0.25, 0.3) is 5.91 Å². The van der Waals surface area contributed by atoms with Crippen molar-refractivity contribution < 1.29 is 14.3 Å². The second-order valence-corrected chi connectivity index (χ2v) is 9.09. The normalized spacial score (nSPS) is 23.5. The Kier molecular flexibility index (Phi) is 6.42. The summed E-state index contributed by atoms with van der Waals surface area (Å²) in [6.45, 7) is 1.81. The Balaban J connectivity index is 1.61. The zero-order valence-electron chi connectivity index (χ0n) is 18.5. The van der Waals surface area contributed by atoms with Crippen LogP contribution in [0.5, 0.6) is 0 Å². The monoisotopic (exact) mass is 420 g/mol. The van der Waals surface area contributed by atoms with Crippen LogP contribution in [0, 0.1) is 5.41 Å². The second kappa shape index (κ2) is 9.23. The first-order chi connectivity index (χ1) is 15.0. The highest BCUT2D eigenvalue weighted by molar-refractivity contribution is 5.86. The van der Waals surface area contributed by atoms with Gasteiger partial charge in [0.2, 0.25) is 5.91 Å². The minimum atomic E-state index is -0.606. The highest BCUT2D eigenvalue weighted by Gasteiger charge is 2.45. The highest BCUT2D eigenvalue weighted by atomic mass is 16.5. The molecular weight excluding hydrogens is 388 g/mol. The molecule has 2 amide bonds. The molecule has 0 unspecified atom stereocenters. The van der Waals surface area contributed by atoms with Gasteiger partial charge in [0.05, 0.1) is 5.41 Å². The molecule has 5 heteroatoms. The summed E-state index contributed by atoms with van der Waals surface area (Å²) < 4.78 is 5.64. The zero-order chi connectivity index (χ0) is 21.8. The lowest BCUT2D eigenvalue weighted by Gasteiger charge is -2.43. The SMILES string of the molecule is CN(C)C(=O)[C@]1(Cc2cccc(-c3ccccc3)c2)CCCN(C(=O)[C@@H]2CCCO2)C1. The average molecular weight is 421 g/mol. The van der Waals surface area contributed by atoms with Gasteiger partial charge < -0.3 is 14.5 Å². The van der Waals surface area contributed by atoms with Gasteiger partial charge in [0.1, 0.15) is 6.10 Å². The number of rotatable bonds is 5. The molecule has 0 spiro atoms. The van der Waals surface area contributed by atoms with Crippen molar-refractivity contribution in [3.63, 3.8) is 0 Å². The molecule has 2 aromatic rings. The number of likely N-dealkylation sites (tertiary alicyclic amines) is 1. The third-order valence-corrected chi connectivity index (χ3v) is 6.53. The van der Waals surface area contributed by atoms with Gasteiger partial charge >= 0.3 is 0 Å². The van der Waals surface area contributed by atoms with Crippen LogP contribution in [0.25, 0.3) is 11.1 Å². The average Bonchev–Trinajstić information content (AvgIpc) is 3.34. The first kappa shape index (κ1) is 21.6. The first-order valence-corrected chi connectivity index (χ1v) is 11.2. The molecule has 0 aromatic heterocycles. The summed E-state index contributed by atoms with van der Waals surface area (Å²) in [5.74, 6) is 0.147. The molecule has 2 fully saturated rings. The minimum absolute atomic E-state index is 0.0474. The van der Waals surface area contributed by atoms with Gasteiger partial charge in [0.15, 0.2) is 0 Å². The predicted octanol–water partition coefficient (Wildman–Crippen LogP) is 3.77. The molecule has 0 bridgehead atoms. The second-order valence-electron chi connectivity index (χ2n) is 9.09. The van der Waals surface area contributed by atoms with Crippen LogP contribution in [0.15, 0.2) is 54.6 Å². The third-order valence-electron chi connectivity index (χ3n) is 6.53. The summed E-state index contributed by atoms with van der Waals surface area (Å²) in [5.41, 5.74) is 2.83. The minimum Gasteiger partial charge on any atom is -0.368 e. The number of carbonyl (C=O) groups excluding carboxylic acids is 2. The van der Waals surface area contributed by atoms with Crippen LogP contribution < -0.4 is 0 Å². The summed E-state index contributed by atoms with van der Waals surface area (Å²) in [7, 11) is 3.62. The molecule has 2 aromatic carbocycles. The van der Waals surface area contributed by atoms with Gasteiger partial charge in [-0.1, -0.05) is 54.6 Å². The highest BCUT2D eigenvalue weighted by Crippen LogP contribution is 2.37. The Bertz CT molecular complexity index is 921. The molecule has 2 aliphatic rings. The van der Waals surface area contributed by atoms with Crippen molar-refractivity contribution in [1.82, 2.24) is 9.80 Å². The Hall–Kier alpha value is -2.66. The van der Waals surface area contributed by atoms with Gasteiger partial charge in [0, 0.05) is 33.8 Å². The maximum Gasteiger partial charge on any atom is 0.251 e. The van der Waals surface area contributed by atoms with E-state index in [9.17, 15) is 9.59 Å². The number of ether oxygens (including phenoxy) is 1. The Morgan fingerprint density at radius 3 is 2.55 bits per heavy atom. The lowest BCUT2D eigenvalue weighted by molar-refractivity contribution is -0.151. The van der Waals surface area contributed by atoms with Crippen molar-refractivity contribution in [2.24, 2.45) is 5.41 Å². The molecular formula is C26H32N2O3. The predicted molar refractivity (Wildman–Crippen MR) is 121 cm³/mol. The summed E-state index contributed by atoms with van der Waals surface area (Å²) in [6.07, 6.45) is 3.61. The summed E-state index contributed by atoms with van der Waals surface area (Å²) in [5, 5.41) is 0. The van der Waals surface area contributed by atoms with E-state index in [0.29, 0.717) is 26.1 Å². The van der Waals surface area contributed by atoms with Gasteiger partial charge in [-0.25, -0.2) is 0 Å². The van der Waals surface area contributed by atoms with Gasteiger partial charge in [-0.3, -0.25) is 9.59 Å². The number of nitrogens with zero attached hydrogens (tertiary/aromatic N) is 2. The molecule has 31 heavy (non-hydrogen) atoms. The van der Waals surface area contributed by atoms with E-state index in [1.165, 1.54) is 0 Å². The molecule has 164 valence electrons. The number of carbonyl (C=O) groups is 2. The molecule has 5 nitrogen and oxygen atoms in total. The number of benzene rings is 2. The van der Waals surface area contributed by atoms with Crippen molar-refractivity contribution in [2.75, 3.05) is 33.8 Å². The van der Waals surface area contributed by atoms with Crippen molar-refractivity contribution >= 4 is 11.8 Å². The number of piperidine rings is 1. The lowest BCUT2D eigenvalue weighted by atomic mass is 9.73. The first-order valence-electron chi connectivity index (χ1n) is 11.2. The molecule has 2 saturated heterocycles. The fourth-order valence-electron chi connectivity index (χ4n) is 5.05. The molecule has 0 N–H and O–H groups in total. The van der Waals surface area contributed by atoms with E-state index in [1.807, 2.05) is 37.2 Å². The van der Waals surface area contributed by atoms with Crippen LogP contribution in [0.1, 0.15) is 31.2 Å². The molecule has 0 radical (unpaired) electrons. The van der Waals surface area contributed by atoms with Crippen molar-refractivity contribution in [3.05, 3.63) is 60.2 Å². The van der Waals surface area contributed by atoms with Crippen molar-refractivity contribution in [2.45, 2.75) is 38.2 Å². The summed E-state index contributed by atoms with van der Waals surface area (Å²) >= 11 is 0. The van der Waals surface area contributed by atoms with Crippen LogP contribution in [0.4, 0.5) is 0 Å². The maximum absolute atomic E-state index is 13.4. The van der Waals surface area contributed by atoms with E-state index in [4.69, 9.17) is 4.74 Å². The van der Waals surface area contributed by atoms with E-state index in [-0.39, 0.29) is 17.9 Å². The maximum atomic E-state index is 13.4. The molecule has 2 heterocycles. The Labute approximate surface area is 185 Å². The molecule has 0 saturated carbocycles. The fourth-order valence-corrected chi connectivity index (χ4v) is 5.05. The van der Waals surface area contributed by atoms with E-state index >= 15 is 0 Å². The largest absolute Gasteiger partial charge is 0.368 e. The standard InChI is InChI=1S/C26H32N2O3/c1-27(2)25(30)26(14-8-15-28(19-26)24(29)23-13-7-16-31-23)18-20-9-6-12-22(17-20)21-10-4-3-5-11-21/h3-6,9-12,17,23H,7-8,13-16,18-19H2,1-2H3/t23-,26-/m0/s1. The van der Waals surface area contributed by atoms with Gasteiger partial charge in [-0.2, -0.15) is 0 Å². The third kappa shape index (κ3) is 4.67. The Morgan fingerprint density at radius 1 is 1.06 bits per heavy atom.